The van der Waals surface area contributed by atoms with Crippen LogP contribution >= 0.6 is 23.2 Å². The summed E-state index contributed by atoms with van der Waals surface area (Å²) in [5, 5.41) is 3.55. The molecule has 2 saturated carbocycles. The molecular formula is C24H18Cl2N2O3. The smallest absolute Gasteiger partial charge is 0.255 e. The number of imide groups is 1. The number of nitrogens with one attached hydrogen (secondary N) is 1. The molecule has 156 valence electrons. The van der Waals surface area contributed by atoms with Crippen LogP contribution in [0.25, 0.3) is 0 Å². The Morgan fingerprint density at radius 3 is 2.29 bits per heavy atom. The summed E-state index contributed by atoms with van der Waals surface area (Å²) in [4.78, 5) is 40.7. The Hall–Kier alpha value is -2.63. The van der Waals surface area contributed by atoms with Crippen molar-refractivity contribution in [1.82, 2.24) is 0 Å². The Balaban J connectivity index is 1.29. The molecule has 2 aromatic carbocycles. The van der Waals surface area contributed by atoms with E-state index in [0.29, 0.717) is 38.8 Å². The molecule has 0 aromatic heterocycles. The second-order valence-electron chi connectivity index (χ2n) is 8.80. The van der Waals surface area contributed by atoms with E-state index in [1.807, 2.05) is 0 Å². The van der Waals surface area contributed by atoms with Crippen molar-refractivity contribution in [2.75, 3.05) is 10.2 Å². The first kappa shape index (κ1) is 19.1. The van der Waals surface area contributed by atoms with Gasteiger partial charge >= 0.3 is 0 Å². The van der Waals surface area contributed by atoms with E-state index in [1.165, 1.54) is 4.90 Å². The van der Waals surface area contributed by atoms with Crippen LogP contribution < -0.4 is 10.2 Å². The lowest BCUT2D eigenvalue weighted by atomic mass is 9.63. The van der Waals surface area contributed by atoms with Crippen molar-refractivity contribution in [1.29, 1.82) is 0 Å². The predicted octanol–water partition coefficient (Wildman–Crippen LogP) is 4.80. The highest BCUT2D eigenvalue weighted by Gasteiger charge is 2.67. The molecular weight excluding hydrogens is 435 g/mol. The maximum Gasteiger partial charge on any atom is 0.255 e. The molecule has 1 N–H and O–H groups in total. The van der Waals surface area contributed by atoms with Gasteiger partial charge in [-0.15, -0.1) is 0 Å². The predicted molar refractivity (Wildman–Crippen MR) is 118 cm³/mol. The molecule has 1 saturated heterocycles. The summed E-state index contributed by atoms with van der Waals surface area (Å²) < 4.78 is 0. The summed E-state index contributed by atoms with van der Waals surface area (Å²) in [6.45, 7) is 0. The first-order chi connectivity index (χ1) is 14.9. The highest BCUT2D eigenvalue weighted by molar-refractivity contribution is 6.36. The molecule has 4 aliphatic carbocycles. The SMILES string of the molecule is O=C(Nc1cc(Cl)ccc1Cl)c1cccc(N2C(=O)[C@@H]3[C@H]4C=C[C@@H]([C@@H]5C[C@H]45)[C@@H]3C2=O)c1. The molecule has 0 spiro atoms. The number of hydrogen-bond donors (Lipinski definition) is 1. The van der Waals surface area contributed by atoms with E-state index < -0.39 is 5.91 Å². The van der Waals surface area contributed by atoms with E-state index in [0.717, 1.165) is 6.42 Å². The molecule has 1 aliphatic heterocycles. The summed E-state index contributed by atoms with van der Waals surface area (Å²) in [6.07, 6.45) is 5.41. The first-order valence-electron chi connectivity index (χ1n) is 10.4. The number of allylic oxidation sites excluding steroid dienone is 2. The summed E-state index contributed by atoms with van der Waals surface area (Å²) in [5.41, 5.74) is 1.15. The molecule has 3 fully saturated rings. The van der Waals surface area contributed by atoms with Gasteiger partial charge in [0.25, 0.3) is 5.91 Å². The summed E-state index contributed by atoms with van der Waals surface area (Å²) >= 11 is 12.1. The van der Waals surface area contributed by atoms with E-state index in [2.05, 4.69) is 17.5 Å². The number of hydrogen-bond acceptors (Lipinski definition) is 3. The monoisotopic (exact) mass is 452 g/mol. The van der Waals surface area contributed by atoms with Crippen LogP contribution in [-0.2, 0) is 9.59 Å². The van der Waals surface area contributed by atoms with Crippen LogP contribution in [0.3, 0.4) is 0 Å². The molecule has 0 radical (unpaired) electrons. The third-order valence-electron chi connectivity index (χ3n) is 7.21. The van der Waals surface area contributed by atoms with Crippen LogP contribution in [0, 0.1) is 35.5 Å². The van der Waals surface area contributed by atoms with Crippen LogP contribution in [0.5, 0.6) is 0 Å². The van der Waals surface area contributed by atoms with E-state index >= 15 is 0 Å². The molecule has 5 nitrogen and oxygen atoms in total. The van der Waals surface area contributed by atoms with E-state index in [4.69, 9.17) is 23.2 Å². The molecule has 2 bridgehead atoms. The van der Waals surface area contributed by atoms with Crippen molar-refractivity contribution in [2.45, 2.75) is 6.42 Å². The minimum Gasteiger partial charge on any atom is -0.321 e. The van der Waals surface area contributed by atoms with Crippen molar-refractivity contribution < 1.29 is 14.4 Å². The zero-order chi connectivity index (χ0) is 21.4. The number of amides is 3. The van der Waals surface area contributed by atoms with Gasteiger partial charge in [-0.1, -0.05) is 41.4 Å². The maximum atomic E-state index is 13.3. The van der Waals surface area contributed by atoms with Crippen LogP contribution in [0.2, 0.25) is 10.0 Å². The average molecular weight is 453 g/mol. The Morgan fingerprint density at radius 2 is 1.61 bits per heavy atom. The third kappa shape index (κ3) is 2.80. The highest BCUT2D eigenvalue weighted by atomic mass is 35.5. The largest absolute Gasteiger partial charge is 0.321 e. The molecule has 6 atom stereocenters. The van der Waals surface area contributed by atoms with Crippen LogP contribution in [0.1, 0.15) is 16.8 Å². The van der Waals surface area contributed by atoms with Gasteiger partial charge in [-0.3, -0.25) is 14.4 Å². The van der Waals surface area contributed by atoms with Crippen molar-refractivity contribution in [3.8, 4) is 0 Å². The van der Waals surface area contributed by atoms with Crippen molar-refractivity contribution in [3.63, 3.8) is 0 Å². The van der Waals surface area contributed by atoms with Gasteiger partial charge in [0.05, 0.1) is 28.2 Å². The Kier molecular flexibility index (Phi) is 4.11. The lowest BCUT2D eigenvalue weighted by molar-refractivity contribution is -0.124. The number of carbonyl (C=O) groups excluding carboxylic acids is 3. The number of halogens is 2. The molecule has 31 heavy (non-hydrogen) atoms. The van der Waals surface area contributed by atoms with Crippen LogP contribution in [-0.4, -0.2) is 17.7 Å². The fourth-order valence-corrected chi connectivity index (χ4v) is 6.12. The first-order valence-corrected chi connectivity index (χ1v) is 11.1. The normalized spacial score (nSPS) is 32.1. The molecule has 5 aliphatic rings. The standard InChI is InChI=1S/C24H18Cl2N2O3/c25-12-4-7-18(26)19(9-12)27-22(29)11-2-1-3-13(8-11)28-23(30)20-14-5-6-15(17-10-16(14)17)21(20)24(28)31/h1-9,14-17,20-21H,10H2,(H,27,29)/t14-,15-,16-,17+,20-,21+/m0/s1. The molecule has 3 amide bonds. The van der Waals surface area contributed by atoms with Gasteiger partial charge in [-0.05, 0) is 66.5 Å². The van der Waals surface area contributed by atoms with Crippen LogP contribution in [0.4, 0.5) is 11.4 Å². The maximum absolute atomic E-state index is 13.3. The fraction of sp³-hybridized carbons (Fsp3) is 0.292. The summed E-state index contributed by atoms with van der Waals surface area (Å²) in [6, 6.07) is 11.4. The summed E-state index contributed by atoms with van der Waals surface area (Å²) in [7, 11) is 0. The number of anilines is 2. The molecule has 7 heteroatoms. The second kappa shape index (κ2) is 6.68. The Bertz CT molecular complexity index is 1160. The lowest BCUT2D eigenvalue weighted by Crippen LogP contribution is -2.40. The van der Waals surface area contributed by atoms with Crippen LogP contribution in [0.15, 0.2) is 54.6 Å². The molecule has 2 aromatic rings. The Labute approximate surface area is 189 Å². The topological polar surface area (TPSA) is 66.5 Å². The number of rotatable bonds is 3. The number of benzene rings is 2. The highest BCUT2D eigenvalue weighted by Crippen LogP contribution is 2.65. The van der Waals surface area contributed by atoms with Gasteiger partial charge in [-0.25, -0.2) is 4.90 Å². The van der Waals surface area contributed by atoms with Gasteiger partial charge in [0.15, 0.2) is 0 Å². The number of nitrogens with zero attached hydrogens (tertiary/aromatic N) is 1. The molecule has 1 heterocycles. The van der Waals surface area contributed by atoms with E-state index in [9.17, 15) is 14.4 Å². The second-order valence-corrected chi connectivity index (χ2v) is 9.64. The van der Waals surface area contributed by atoms with Gasteiger partial charge in [0.1, 0.15) is 0 Å². The van der Waals surface area contributed by atoms with Gasteiger partial charge < -0.3 is 5.32 Å². The van der Waals surface area contributed by atoms with Crippen molar-refractivity contribution >= 4 is 52.3 Å². The molecule has 0 unspecified atom stereocenters. The number of carbonyl (C=O) groups is 3. The summed E-state index contributed by atoms with van der Waals surface area (Å²) in [5.74, 6) is 0.203. The Morgan fingerprint density at radius 1 is 0.935 bits per heavy atom. The zero-order valence-electron chi connectivity index (χ0n) is 16.3. The minimum absolute atomic E-state index is 0.143. The average Bonchev–Trinajstić information content (AvgIpc) is 3.54. The van der Waals surface area contributed by atoms with Gasteiger partial charge in [-0.2, -0.15) is 0 Å². The lowest BCUT2D eigenvalue weighted by Gasteiger charge is -2.37. The molecule has 7 rings (SSSR count). The van der Waals surface area contributed by atoms with Crippen molar-refractivity contribution in [2.24, 2.45) is 35.5 Å². The minimum atomic E-state index is -0.398. The van der Waals surface area contributed by atoms with Crippen molar-refractivity contribution in [3.05, 3.63) is 70.2 Å². The van der Waals surface area contributed by atoms with E-state index in [-0.39, 0.29) is 35.5 Å². The van der Waals surface area contributed by atoms with Gasteiger partial charge in [0, 0.05) is 10.6 Å². The zero-order valence-corrected chi connectivity index (χ0v) is 17.8. The fourth-order valence-electron chi connectivity index (χ4n) is 5.79. The third-order valence-corrected chi connectivity index (χ3v) is 7.77. The van der Waals surface area contributed by atoms with Gasteiger partial charge in [0.2, 0.25) is 11.8 Å². The van der Waals surface area contributed by atoms with E-state index in [1.54, 1.807) is 42.5 Å². The quantitative estimate of drug-likeness (QED) is 0.536.